The summed E-state index contributed by atoms with van der Waals surface area (Å²) < 4.78 is 5.72. The van der Waals surface area contributed by atoms with Crippen LogP contribution >= 0.6 is 0 Å². The number of morpholine rings is 1. The van der Waals surface area contributed by atoms with Crippen molar-refractivity contribution < 1.29 is 14.3 Å². The number of aromatic amines is 1. The summed E-state index contributed by atoms with van der Waals surface area (Å²) in [5.74, 6) is -0.164. The molecule has 0 radical (unpaired) electrons. The molecule has 24 heavy (non-hydrogen) atoms. The van der Waals surface area contributed by atoms with Crippen molar-refractivity contribution in [3.8, 4) is 0 Å². The Hall–Kier alpha value is -1.66. The van der Waals surface area contributed by atoms with E-state index in [0.717, 1.165) is 37.3 Å². The van der Waals surface area contributed by atoms with Crippen LogP contribution in [0, 0.1) is 13.8 Å². The maximum atomic E-state index is 12.3. The molecule has 1 amide bonds. The first-order chi connectivity index (χ1) is 11.3. The van der Waals surface area contributed by atoms with Gasteiger partial charge in [-0.2, -0.15) is 0 Å². The molecule has 0 aromatic carbocycles. The number of carbonyl (C=O) groups is 2. The molecule has 0 aliphatic carbocycles. The van der Waals surface area contributed by atoms with Crippen molar-refractivity contribution in [3.05, 3.63) is 22.5 Å². The van der Waals surface area contributed by atoms with Crippen LogP contribution in [0.15, 0.2) is 0 Å². The molecule has 6 nitrogen and oxygen atoms in total. The number of hydrogen-bond donors (Lipinski definition) is 2. The summed E-state index contributed by atoms with van der Waals surface area (Å²) in [6.45, 7) is 12.8. The zero-order valence-electron chi connectivity index (χ0n) is 15.4. The number of nitrogens with zero attached hydrogens (tertiary/aromatic N) is 1. The van der Waals surface area contributed by atoms with E-state index in [-0.39, 0.29) is 23.9 Å². The lowest BCUT2D eigenvalue weighted by molar-refractivity contribution is -0.0680. The van der Waals surface area contributed by atoms with Crippen LogP contribution in [0.25, 0.3) is 0 Å². The van der Waals surface area contributed by atoms with E-state index in [1.54, 1.807) is 0 Å². The topological polar surface area (TPSA) is 74.4 Å². The summed E-state index contributed by atoms with van der Waals surface area (Å²) in [6, 6.07) is 0. The minimum absolute atomic E-state index is 0.0177. The highest BCUT2D eigenvalue weighted by molar-refractivity contribution is 6.02. The number of ketones is 1. The Balaban J connectivity index is 1.82. The van der Waals surface area contributed by atoms with E-state index in [0.29, 0.717) is 17.8 Å². The molecule has 0 bridgehead atoms. The van der Waals surface area contributed by atoms with Gasteiger partial charge in [0, 0.05) is 37.4 Å². The third kappa shape index (κ3) is 4.45. The van der Waals surface area contributed by atoms with Crippen LogP contribution in [0.4, 0.5) is 0 Å². The highest BCUT2D eigenvalue weighted by atomic mass is 16.5. The maximum Gasteiger partial charge on any atom is 0.268 e. The highest BCUT2D eigenvalue weighted by Gasteiger charge is 2.22. The minimum atomic E-state index is -0.146. The second-order valence-electron chi connectivity index (χ2n) is 6.81. The van der Waals surface area contributed by atoms with Crippen LogP contribution in [0.3, 0.4) is 0 Å². The number of aromatic nitrogens is 1. The maximum absolute atomic E-state index is 12.3. The van der Waals surface area contributed by atoms with Crippen molar-refractivity contribution in [1.82, 2.24) is 15.2 Å². The van der Waals surface area contributed by atoms with Crippen LogP contribution in [0.2, 0.25) is 0 Å². The zero-order valence-corrected chi connectivity index (χ0v) is 15.4. The normalized spacial score (nSPS) is 21.7. The van der Waals surface area contributed by atoms with E-state index in [1.165, 1.54) is 6.92 Å². The van der Waals surface area contributed by atoms with Crippen LogP contribution in [0.1, 0.15) is 59.3 Å². The van der Waals surface area contributed by atoms with E-state index in [4.69, 9.17) is 4.74 Å². The molecule has 2 heterocycles. The van der Waals surface area contributed by atoms with Crippen molar-refractivity contribution in [3.63, 3.8) is 0 Å². The minimum Gasteiger partial charge on any atom is -0.373 e. The van der Waals surface area contributed by atoms with Gasteiger partial charge in [-0.25, -0.2) is 0 Å². The van der Waals surface area contributed by atoms with Crippen molar-refractivity contribution >= 4 is 11.7 Å². The van der Waals surface area contributed by atoms with Crippen LogP contribution in [-0.4, -0.2) is 60.0 Å². The predicted molar refractivity (Wildman–Crippen MR) is 93.7 cm³/mol. The summed E-state index contributed by atoms with van der Waals surface area (Å²) in [7, 11) is 0. The summed E-state index contributed by atoms with van der Waals surface area (Å²) >= 11 is 0. The fraction of sp³-hybridized carbons (Fsp3) is 0.667. The second-order valence-corrected chi connectivity index (χ2v) is 6.81. The van der Waals surface area contributed by atoms with Gasteiger partial charge in [0.25, 0.3) is 5.91 Å². The van der Waals surface area contributed by atoms with Crippen molar-refractivity contribution in [2.24, 2.45) is 0 Å². The molecule has 2 atom stereocenters. The van der Waals surface area contributed by atoms with Gasteiger partial charge in [0.05, 0.1) is 12.2 Å². The molecular weight excluding hydrogens is 306 g/mol. The molecular formula is C18H29N3O3. The van der Waals surface area contributed by atoms with Crippen molar-refractivity contribution in [1.29, 1.82) is 0 Å². The van der Waals surface area contributed by atoms with Crippen molar-refractivity contribution in [2.45, 2.75) is 53.2 Å². The van der Waals surface area contributed by atoms with Crippen LogP contribution in [0.5, 0.6) is 0 Å². The molecule has 2 N–H and O–H groups in total. The van der Waals surface area contributed by atoms with Gasteiger partial charge in [0.15, 0.2) is 5.78 Å². The Bertz CT molecular complexity index is 599. The van der Waals surface area contributed by atoms with Gasteiger partial charge in [0.2, 0.25) is 0 Å². The summed E-state index contributed by atoms with van der Waals surface area (Å²) in [5.41, 5.74) is 2.59. The molecule has 2 rings (SSSR count). The molecule has 134 valence electrons. The number of nitrogens with one attached hydrogen (secondary N) is 2. The quantitative estimate of drug-likeness (QED) is 0.616. The standard InChI is InChI=1S/C18H29N3O3/c1-11-9-21(10-12(2)24-11)8-6-7-19-18(23)17-13(3)16(15(5)22)14(4)20-17/h11-12,20H,6-10H2,1-5H3,(H,19,23)/t11-,12-/m1/s1. The van der Waals surface area contributed by atoms with Gasteiger partial charge < -0.3 is 15.0 Å². The third-order valence-corrected chi connectivity index (χ3v) is 4.45. The lowest BCUT2D eigenvalue weighted by Crippen LogP contribution is -2.46. The first-order valence-electron chi connectivity index (χ1n) is 8.65. The first-order valence-corrected chi connectivity index (χ1v) is 8.65. The molecule has 6 heteroatoms. The Labute approximate surface area is 143 Å². The molecule has 0 spiro atoms. The van der Waals surface area contributed by atoms with Gasteiger partial charge >= 0.3 is 0 Å². The SMILES string of the molecule is CC(=O)c1c(C)[nH]c(C(=O)NCCCN2C[C@@H](C)O[C@H](C)C2)c1C. The van der Waals surface area contributed by atoms with Gasteiger partial charge in [-0.1, -0.05) is 0 Å². The predicted octanol–water partition coefficient (Wildman–Crippen LogP) is 2.06. The van der Waals surface area contributed by atoms with Crippen LogP contribution < -0.4 is 5.32 Å². The monoisotopic (exact) mass is 335 g/mol. The Morgan fingerprint density at radius 1 is 1.25 bits per heavy atom. The fourth-order valence-electron chi connectivity index (χ4n) is 3.57. The molecule has 1 aliphatic heterocycles. The molecule has 1 aromatic heterocycles. The highest BCUT2D eigenvalue weighted by Crippen LogP contribution is 2.18. The first kappa shape index (κ1) is 18.7. The van der Waals surface area contributed by atoms with Gasteiger partial charge in [-0.15, -0.1) is 0 Å². The van der Waals surface area contributed by atoms with Gasteiger partial charge in [-0.05, 0) is 46.6 Å². The Morgan fingerprint density at radius 2 is 1.88 bits per heavy atom. The molecule has 1 aliphatic rings. The lowest BCUT2D eigenvalue weighted by atomic mass is 10.1. The molecule has 1 aromatic rings. The molecule has 0 unspecified atom stereocenters. The Morgan fingerprint density at radius 3 is 2.42 bits per heavy atom. The van der Waals surface area contributed by atoms with Crippen LogP contribution in [-0.2, 0) is 4.74 Å². The molecule has 1 saturated heterocycles. The Kier molecular flexibility index (Phi) is 6.18. The smallest absolute Gasteiger partial charge is 0.268 e. The number of amides is 1. The number of H-pyrrole nitrogens is 1. The van der Waals surface area contributed by atoms with E-state index in [1.807, 2.05) is 13.8 Å². The fourth-order valence-corrected chi connectivity index (χ4v) is 3.57. The van der Waals surface area contributed by atoms with E-state index >= 15 is 0 Å². The number of rotatable bonds is 6. The average Bonchev–Trinajstić information content (AvgIpc) is 2.77. The van der Waals surface area contributed by atoms with Gasteiger partial charge in [0.1, 0.15) is 5.69 Å². The van der Waals surface area contributed by atoms with Crippen molar-refractivity contribution in [2.75, 3.05) is 26.2 Å². The number of ether oxygens (including phenoxy) is 1. The number of aryl methyl sites for hydroxylation is 1. The molecule has 1 fully saturated rings. The number of carbonyl (C=O) groups excluding carboxylic acids is 2. The summed E-state index contributed by atoms with van der Waals surface area (Å²) in [4.78, 5) is 29.4. The third-order valence-electron chi connectivity index (χ3n) is 4.45. The van der Waals surface area contributed by atoms with Gasteiger partial charge in [-0.3, -0.25) is 14.5 Å². The van der Waals surface area contributed by atoms with E-state index in [9.17, 15) is 9.59 Å². The van der Waals surface area contributed by atoms with E-state index in [2.05, 4.69) is 29.0 Å². The zero-order chi connectivity index (χ0) is 17.9. The number of hydrogen-bond acceptors (Lipinski definition) is 4. The second kappa shape index (κ2) is 7.94. The molecule has 0 saturated carbocycles. The summed E-state index contributed by atoms with van der Waals surface area (Å²) in [5, 5.41) is 2.94. The largest absolute Gasteiger partial charge is 0.373 e. The number of Topliss-reactive ketones (excluding diaryl/α,β-unsaturated/α-hetero) is 1. The van der Waals surface area contributed by atoms with E-state index < -0.39 is 0 Å². The summed E-state index contributed by atoms with van der Waals surface area (Å²) in [6.07, 6.45) is 1.42. The average molecular weight is 335 g/mol. The lowest BCUT2D eigenvalue weighted by Gasteiger charge is -2.35.